The van der Waals surface area contributed by atoms with E-state index < -0.39 is 9.84 Å². The van der Waals surface area contributed by atoms with E-state index in [1.54, 1.807) is 0 Å². The Hall–Kier alpha value is 0.240. The van der Waals surface area contributed by atoms with Crippen LogP contribution in [0.2, 0.25) is 0 Å². The Morgan fingerprint density at radius 1 is 1.31 bits per heavy atom. The van der Waals surface area contributed by atoms with Gasteiger partial charge in [-0.1, -0.05) is 20.8 Å². The first-order chi connectivity index (χ1) is 5.67. The van der Waals surface area contributed by atoms with E-state index in [0.717, 1.165) is 0 Å². The molecule has 0 aromatic carbocycles. The molecule has 0 heterocycles. The van der Waals surface area contributed by atoms with E-state index in [4.69, 9.17) is 11.6 Å². The topological polar surface area (TPSA) is 34.1 Å². The number of hydrogen-bond acceptors (Lipinski definition) is 2. The smallest absolute Gasteiger partial charge is 0.147 e. The van der Waals surface area contributed by atoms with E-state index in [0.29, 0.717) is 12.3 Å². The van der Waals surface area contributed by atoms with Gasteiger partial charge in [0.25, 0.3) is 0 Å². The molecule has 0 aliphatic heterocycles. The van der Waals surface area contributed by atoms with Crippen molar-refractivity contribution in [1.82, 2.24) is 0 Å². The summed E-state index contributed by atoms with van der Waals surface area (Å²) in [6.07, 6.45) is 1.92. The van der Waals surface area contributed by atoms with Crippen molar-refractivity contribution in [3.8, 4) is 0 Å². The molecular formula is C9H19ClO2S. The van der Waals surface area contributed by atoms with Gasteiger partial charge in [-0.25, -0.2) is 8.42 Å². The van der Waals surface area contributed by atoms with Crippen LogP contribution in [0.25, 0.3) is 0 Å². The molecule has 0 aromatic rings. The Morgan fingerprint density at radius 3 is 2.00 bits per heavy atom. The van der Waals surface area contributed by atoms with Crippen molar-refractivity contribution < 1.29 is 8.42 Å². The minimum Gasteiger partial charge on any atom is -0.229 e. The van der Waals surface area contributed by atoms with Crippen molar-refractivity contribution in [2.75, 3.05) is 17.9 Å². The fourth-order valence-electron chi connectivity index (χ4n) is 1.10. The molecule has 0 N–H and O–H groups in total. The lowest BCUT2D eigenvalue weighted by atomic mass is 9.80. The number of hydrogen-bond donors (Lipinski definition) is 0. The van der Waals surface area contributed by atoms with Crippen LogP contribution < -0.4 is 0 Å². The van der Waals surface area contributed by atoms with Gasteiger partial charge in [0.15, 0.2) is 0 Å². The first kappa shape index (κ1) is 13.2. The third-order valence-corrected chi connectivity index (χ3v) is 3.60. The molecular weight excluding hydrogens is 208 g/mol. The van der Waals surface area contributed by atoms with Gasteiger partial charge in [-0.2, -0.15) is 0 Å². The molecule has 13 heavy (non-hydrogen) atoms. The van der Waals surface area contributed by atoms with Gasteiger partial charge in [0.1, 0.15) is 9.84 Å². The summed E-state index contributed by atoms with van der Waals surface area (Å²) in [5.41, 5.74) is 0.0897. The predicted molar refractivity (Wildman–Crippen MR) is 58.0 cm³/mol. The normalized spacial score (nSPS) is 15.8. The van der Waals surface area contributed by atoms with Crippen LogP contribution >= 0.6 is 11.6 Å². The minimum atomic E-state index is -2.85. The summed E-state index contributed by atoms with van der Waals surface area (Å²) in [6.45, 7) is 6.26. The van der Waals surface area contributed by atoms with Gasteiger partial charge in [-0.15, -0.1) is 11.6 Å². The van der Waals surface area contributed by atoms with Crippen LogP contribution in [0.1, 0.15) is 27.2 Å². The van der Waals surface area contributed by atoms with E-state index in [1.165, 1.54) is 6.26 Å². The lowest BCUT2D eigenvalue weighted by Crippen LogP contribution is -2.24. The van der Waals surface area contributed by atoms with E-state index in [2.05, 4.69) is 20.8 Å². The maximum Gasteiger partial charge on any atom is 0.147 e. The average Bonchev–Trinajstić information content (AvgIpc) is 1.82. The molecule has 0 saturated heterocycles. The SMILES string of the molecule is CC(C)(C)C(CCl)CCS(C)(=O)=O. The molecule has 0 fully saturated rings. The van der Waals surface area contributed by atoms with Crippen molar-refractivity contribution in [1.29, 1.82) is 0 Å². The monoisotopic (exact) mass is 226 g/mol. The highest BCUT2D eigenvalue weighted by atomic mass is 35.5. The lowest BCUT2D eigenvalue weighted by molar-refractivity contribution is 0.259. The Morgan fingerprint density at radius 2 is 1.77 bits per heavy atom. The van der Waals surface area contributed by atoms with Gasteiger partial charge in [-0.3, -0.25) is 0 Å². The third kappa shape index (κ3) is 6.33. The maximum atomic E-state index is 10.9. The van der Waals surface area contributed by atoms with Crippen LogP contribution in [0, 0.1) is 11.3 Å². The molecule has 0 saturated carbocycles. The van der Waals surface area contributed by atoms with Crippen LogP contribution in [0.15, 0.2) is 0 Å². The second-order valence-electron chi connectivity index (χ2n) is 4.64. The van der Waals surface area contributed by atoms with Crippen molar-refractivity contribution in [2.45, 2.75) is 27.2 Å². The molecule has 0 aromatic heterocycles. The largest absolute Gasteiger partial charge is 0.229 e. The third-order valence-electron chi connectivity index (χ3n) is 2.25. The molecule has 0 bridgehead atoms. The second kappa shape index (κ2) is 4.65. The summed E-state index contributed by atoms with van der Waals surface area (Å²) in [5, 5.41) is 0. The zero-order chi connectivity index (χ0) is 10.7. The Labute approximate surface area is 86.6 Å². The van der Waals surface area contributed by atoms with Crippen molar-refractivity contribution in [3.05, 3.63) is 0 Å². The standard InChI is InChI=1S/C9H19ClO2S/c1-9(2,3)8(7-10)5-6-13(4,11)12/h8H,5-7H2,1-4H3. The highest BCUT2D eigenvalue weighted by Crippen LogP contribution is 2.29. The van der Waals surface area contributed by atoms with Crippen LogP contribution in [0.4, 0.5) is 0 Å². The van der Waals surface area contributed by atoms with Crippen molar-refractivity contribution >= 4 is 21.4 Å². The Bertz CT molecular complexity index is 239. The van der Waals surface area contributed by atoms with E-state index in [-0.39, 0.29) is 17.1 Å². The molecule has 1 unspecified atom stereocenters. The molecule has 1 atom stereocenters. The molecule has 4 heteroatoms. The quantitative estimate of drug-likeness (QED) is 0.690. The Kier molecular flexibility index (Phi) is 4.73. The zero-order valence-electron chi connectivity index (χ0n) is 8.80. The summed E-state index contributed by atoms with van der Waals surface area (Å²) < 4.78 is 21.9. The first-order valence-corrected chi connectivity index (χ1v) is 7.00. The van der Waals surface area contributed by atoms with Crippen LogP contribution in [0.5, 0.6) is 0 Å². The summed E-state index contributed by atoms with van der Waals surface area (Å²) in [5.74, 6) is 1.03. The summed E-state index contributed by atoms with van der Waals surface area (Å²) in [6, 6.07) is 0. The fourth-order valence-corrected chi connectivity index (χ4v) is 2.43. The van der Waals surface area contributed by atoms with Gasteiger partial charge >= 0.3 is 0 Å². The van der Waals surface area contributed by atoms with Gasteiger partial charge in [-0.05, 0) is 17.8 Å². The van der Waals surface area contributed by atoms with Gasteiger partial charge in [0.2, 0.25) is 0 Å². The average molecular weight is 227 g/mol. The van der Waals surface area contributed by atoms with Crippen LogP contribution in [-0.4, -0.2) is 26.3 Å². The summed E-state index contributed by atoms with van der Waals surface area (Å²) >= 11 is 5.79. The van der Waals surface area contributed by atoms with Gasteiger partial charge in [0, 0.05) is 12.1 Å². The van der Waals surface area contributed by atoms with Gasteiger partial charge < -0.3 is 0 Å². The number of sulfone groups is 1. The second-order valence-corrected chi connectivity index (χ2v) is 7.20. The molecule has 0 amide bonds. The summed E-state index contributed by atoms with van der Waals surface area (Å²) in [7, 11) is -2.85. The van der Waals surface area contributed by atoms with Gasteiger partial charge in [0.05, 0.1) is 5.75 Å². The molecule has 0 aliphatic carbocycles. The predicted octanol–water partition coefficient (Wildman–Crippen LogP) is 2.32. The summed E-state index contributed by atoms with van der Waals surface area (Å²) in [4.78, 5) is 0. The first-order valence-electron chi connectivity index (χ1n) is 4.40. The number of rotatable bonds is 4. The molecule has 0 rings (SSSR count). The molecule has 0 aliphatic rings. The number of alkyl halides is 1. The molecule has 2 nitrogen and oxygen atoms in total. The van der Waals surface area contributed by atoms with E-state index in [1.807, 2.05) is 0 Å². The molecule has 0 spiro atoms. The molecule has 0 radical (unpaired) electrons. The van der Waals surface area contributed by atoms with Crippen LogP contribution in [0.3, 0.4) is 0 Å². The fraction of sp³-hybridized carbons (Fsp3) is 1.00. The molecule has 80 valence electrons. The van der Waals surface area contributed by atoms with Crippen molar-refractivity contribution in [3.63, 3.8) is 0 Å². The van der Waals surface area contributed by atoms with Crippen LogP contribution in [-0.2, 0) is 9.84 Å². The minimum absolute atomic E-state index is 0.0897. The Balaban J connectivity index is 4.17. The highest BCUT2D eigenvalue weighted by Gasteiger charge is 2.24. The highest BCUT2D eigenvalue weighted by molar-refractivity contribution is 7.90. The number of halogens is 1. The van der Waals surface area contributed by atoms with E-state index >= 15 is 0 Å². The van der Waals surface area contributed by atoms with Crippen molar-refractivity contribution in [2.24, 2.45) is 11.3 Å². The zero-order valence-corrected chi connectivity index (χ0v) is 10.4. The lowest BCUT2D eigenvalue weighted by Gasteiger charge is -2.28. The van der Waals surface area contributed by atoms with E-state index in [9.17, 15) is 8.42 Å². The maximum absolute atomic E-state index is 10.9.